The highest BCUT2D eigenvalue weighted by molar-refractivity contribution is 5.15. The normalized spacial score (nSPS) is 17.0. The molecule has 0 N–H and O–H groups in total. The monoisotopic (exact) mass is 258 g/mol. The lowest BCUT2D eigenvalue weighted by atomic mass is 9.93. The minimum atomic E-state index is 0.398. The van der Waals surface area contributed by atoms with Crippen LogP contribution >= 0.6 is 0 Å². The van der Waals surface area contributed by atoms with E-state index in [9.17, 15) is 0 Å². The van der Waals surface area contributed by atoms with Gasteiger partial charge in [0.2, 0.25) is 0 Å². The van der Waals surface area contributed by atoms with Gasteiger partial charge in [0, 0.05) is 6.61 Å². The molecule has 0 bridgehead atoms. The van der Waals surface area contributed by atoms with Crippen molar-refractivity contribution < 1.29 is 4.74 Å². The van der Waals surface area contributed by atoms with Gasteiger partial charge in [0.1, 0.15) is 0 Å². The highest BCUT2D eigenvalue weighted by Crippen LogP contribution is 2.24. The quantitative estimate of drug-likeness (QED) is 0.631. The Hall–Kier alpha value is -1.08. The van der Waals surface area contributed by atoms with E-state index in [1.807, 2.05) is 0 Å². The van der Waals surface area contributed by atoms with Crippen molar-refractivity contribution in [3.63, 3.8) is 0 Å². The second-order valence-corrected chi connectivity index (χ2v) is 5.41. The SMILES string of the molecule is CCOC(CCc1ccccc1)CC1=CCCCC1. The van der Waals surface area contributed by atoms with Gasteiger partial charge in [0.05, 0.1) is 6.10 Å². The molecule has 1 aromatic carbocycles. The number of benzene rings is 1. The summed E-state index contributed by atoms with van der Waals surface area (Å²) < 4.78 is 5.93. The van der Waals surface area contributed by atoms with Gasteiger partial charge in [-0.2, -0.15) is 0 Å². The highest BCUT2D eigenvalue weighted by atomic mass is 16.5. The highest BCUT2D eigenvalue weighted by Gasteiger charge is 2.13. The third-order valence-electron chi connectivity index (χ3n) is 3.88. The lowest BCUT2D eigenvalue weighted by molar-refractivity contribution is 0.0566. The van der Waals surface area contributed by atoms with Crippen LogP contribution in [0.3, 0.4) is 0 Å². The van der Waals surface area contributed by atoms with E-state index in [0.717, 1.165) is 25.9 Å². The Morgan fingerprint density at radius 1 is 1.16 bits per heavy atom. The van der Waals surface area contributed by atoms with E-state index in [1.165, 1.54) is 31.2 Å². The second-order valence-electron chi connectivity index (χ2n) is 5.41. The Morgan fingerprint density at radius 2 is 2.00 bits per heavy atom. The summed E-state index contributed by atoms with van der Waals surface area (Å²) in [4.78, 5) is 0. The summed E-state index contributed by atoms with van der Waals surface area (Å²) in [5.74, 6) is 0. The van der Waals surface area contributed by atoms with Crippen molar-refractivity contribution in [3.05, 3.63) is 47.5 Å². The molecule has 1 heteroatoms. The zero-order valence-corrected chi connectivity index (χ0v) is 12.1. The average molecular weight is 258 g/mol. The summed E-state index contributed by atoms with van der Waals surface area (Å²) in [6.45, 7) is 2.93. The van der Waals surface area contributed by atoms with Gasteiger partial charge in [-0.3, -0.25) is 0 Å². The molecule has 0 heterocycles. The third kappa shape index (κ3) is 5.20. The fourth-order valence-electron chi connectivity index (χ4n) is 2.83. The molecule has 0 radical (unpaired) electrons. The average Bonchev–Trinajstić information content (AvgIpc) is 2.47. The first-order chi connectivity index (χ1) is 9.38. The van der Waals surface area contributed by atoms with Crippen LogP contribution in [0.15, 0.2) is 42.0 Å². The molecule has 1 aliphatic carbocycles. The van der Waals surface area contributed by atoms with Crippen molar-refractivity contribution in [1.29, 1.82) is 0 Å². The standard InChI is InChI=1S/C18H26O/c1-2-19-18(15-17-11-7-4-8-12-17)14-13-16-9-5-3-6-10-16/h3,5-6,9-11,18H,2,4,7-8,12-15H2,1H3. The van der Waals surface area contributed by atoms with E-state index in [-0.39, 0.29) is 0 Å². The molecule has 1 unspecified atom stereocenters. The molecule has 0 fully saturated rings. The minimum Gasteiger partial charge on any atom is -0.378 e. The molecule has 0 spiro atoms. The number of allylic oxidation sites excluding steroid dienone is 1. The zero-order valence-electron chi connectivity index (χ0n) is 12.1. The molecule has 1 atom stereocenters. The molecule has 1 aromatic rings. The van der Waals surface area contributed by atoms with E-state index in [1.54, 1.807) is 5.57 Å². The van der Waals surface area contributed by atoms with Crippen LogP contribution in [0.4, 0.5) is 0 Å². The number of aryl methyl sites for hydroxylation is 1. The van der Waals surface area contributed by atoms with Crippen molar-refractivity contribution in [2.45, 2.75) is 58.0 Å². The van der Waals surface area contributed by atoms with Crippen molar-refractivity contribution in [1.82, 2.24) is 0 Å². The van der Waals surface area contributed by atoms with Gasteiger partial charge in [-0.15, -0.1) is 0 Å². The number of hydrogen-bond acceptors (Lipinski definition) is 1. The van der Waals surface area contributed by atoms with Crippen molar-refractivity contribution in [3.8, 4) is 0 Å². The molecule has 1 nitrogen and oxygen atoms in total. The molecule has 1 aliphatic rings. The van der Waals surface area contributed by atoms with Crippen LogP contribution in [-0.2, 0) is 11.2 Å². The fraction of sp³-hybridized carbons (Fsp3) is 0.556. The smallest absolute Gasteiger partial charge is 0.0615 e. The van der Waals surface area contributed by atoms with Crippen LogP contribution < -0.4 is 0 Å². The van der Waals surface area contributed by atoms with Gasteiger partial charge >= 0.3 is 0 Å². The van der Waals surface area contributed by atoms with Crippen LogP contribution in [0, 0.1) is 0 Å². The Morgan fingerprint density at radius 3 is 2.68 bits per heavy atom. The van der Waals surface area contributed by atoms with Gasteiger partial charge in [-0.25, -0.2) is 0 Å². The van der Waals surface area contributed by atoms with Crippen LogP contribution in [0.25, 0.3) is 0 Å². The minimum absolute atomic E-state index is 0.398. The van der Waals surface area contributed by atoms with Crippen LogP contribution in [-0.4, -0.2) is 12.7 Å². The maximum absolute atomic E-state index is 5.93. The van der Waals surface area contributed by atoms with Crippen molar-refractivity contribution >= 4 is 0 Å². The number of hydrogen-bond donors (Lipinski definition) is 0. The Labute approximate surface area is 117 Å². The van der Waals surface area contributed by atoms with Gasteiger partial charge in [0.15, 0.2) is 0 Å². The number of ether oxygens (including phenoxy) is 1. The summed E-state index contributed by atoms with van der Waals surface area (Å²) in [5, 5.41) is 0. The van der Waals surface area contributed by atoms with E-state index in [2.05, 4.69) is 43.3 Å². The van der Waals surface area contributed by atoms with E-state index in [0.29, 0.717) is 6.10 Å². The molecular formula is C18H26O. The van der Waals surface area contributed by atoms with Gasteiger partial charge < -0.3 is 4.74 Å². The predicted octanol–water partition coefficient (Wildman–Crippen LogP) is 4.91. The molecule has 0 saturated heterocycles. The fourth-order valence-corrected chi connectivity index (χ4v) is 2.83. The van der Waals surface area contributed by atoms with Crippen molar-refractivity contribution in [2.75, 3.05) is 6.61 Å². The maximum Gasteiger partial charge on any atom is 0.0615 e. The summed E-state index contributed by atoms with van der Waals surface area (Å²) in [6, 6.07) is 10.7. The largest absolute Gasteiger partial charge is 0.378 e. The van der Waals surface area contributed by atoms with Crippen LogP contribution in [0.2, 0.25) is 0 Å². The maximum atomic E-state index is 5.93. The first-order valence-electron chi connectivity index (χ1n) is 7.72. The third-order valence-corrected chi connectivity index (χ3v) is 3.88. The van der Waals surface area contributed by atoms with Crippen molar-refractivity contribution in [2.24, 2.45) is 0 Å². The molecule has 0 saturated carbocycles. The lowest BCUT2D eigenvalue weighted by Gasteiger charge is -2.21. The molecule has 19 heavy (non-hydrogen) atoms. The first kappa shape index (κ1) is 14.3. The molecule has 0 aliphatic heterocycles. The topological polar surface area (TPSA) is 9.23 Å². The Kier molecular flexibility index (Phi) is 6.16. The molecule has 0 amide bonds. The van der Waals surface area contributed by atoms with Gasteiger partial charge in [0.25, 0.3) is 0 Å². The second kappa shape index (κ2) is 8.16. The van der Waals surface area contributed by atoms with Gasteiger partial charge in [-0.1, -0.05) is 42.0 Å². The summed E-state index contributed by atoms with van der Waals surface area (Å²) in [5.41, 5.74) is 3.04. The molecule has 2 rings (SSSR count). The Bertz CT molecular complexity index is 380. The zero-order chi connectivity index (χ0) is 13.3. The van der Waals surface area contributed by atoms with E-state index >= 15 is 0 Å². The summed E-state index contributed by atoms with van der Waals surface area (Å²) >= 11 is 0. The van der Waals surface area contributed by atoms with E-state index < -0.39 is 0 Å². The molecule has 0 aromatic heterocycles. The first-order valence-corrected chi connectivity index (χ1v) is 7.72. The predicted molar refractivity (Wildman–Crippen MR) is 81.3 cm³/mol. The van der Waals surface area contributed by atoms with Gasteiger partial charge in [-0.05, 0) is 57.4 Å². The molecular weight excluding hydrogens is 232 g/mol. The van der Waals surface area contributed by atoms with Crippen LogP contribution in [0.1, 0.15) is 51.0 Å². The number of rotatable bonds is 7. The Balaban J connectivity index is 1.83. The van der Waals surface area contributed by atoms with Crippen LogP contribution in [0.5, 0.6) is 0 Å². The summed E-state index contributed by atoms with van der Waals surface area (Å²) in [7, 11) is 0. The lowest BCUT2D eigenvalue weighted by Crippen LogP contribution is -2.15. The summed E-state index contributed by atoms with van der Waals surface area (Å²) in [6.07, 6.45) is 11.5. The van der Waals surface area contributed by atoms with E-state index in [4.69, 9.17) is 4.74 Å². The molecule has 104 valence electrons.